The van der Waals surface area contributed by atoms with Crippen LogP contribution in [0.25, 0.3) is 0 Å². The molecule has 0 amide bonds. The summed E-state index contributed by atoms with van der Waals surface area (Å²) in [7, 11) is 0. The van der Waals surface area contributed by atoms with Gasteiger partial charge in [0.15, 0.2) is 0 Å². The lowest BCUT2D eigenvalue weighted by atomic mass is 9.75. The van der Waals surface area contributed by atoms with Gasteiger partial charge in [0.05, 0.1) is 0 Å². The Bertz CT molecular complexity index is 655. The van der Waals surface area contributed by atoms with Gasteiger partial charge in [0, 0.05) is 4.90 Å². The first kappa shape index (κ1) is 19.9. The molecule has 2 aromatic carbocycles. The molecule has 0 heterocycles. The number of phenols is 1. The molecule has 0 unspecified atom stereocenters. The molecule has 0 aromatic heterocycles. The lowest BCUT2D eigenvalue weighted by Gasteiger charge is -2.30. The van der Waals surface area contributed by atoms with Crippen LogP contribution in [0.2, 0.25) is 0 Å². The summed E-state index contributed by atoms with van der Waals surface area (Å²) < 4.78 is 0. The van der Waals surface area contributed by atoms with Crippen LogP contribution < -0.4 is 0 Å². The minimum atomic E-state index is 0.0284. The maximum Gasteiger partial charge on any atom is 0.116 e. The molecule has 1 N–H and O–H groups in total. The zero-order valence-corrected chi connectivity index (χ0v) is 17.3. The van der Waals surface area contributed by atoms with Crippen molar-refractivity contribution in [1.82, 2.24) is 0 Å². The van der Waals surface area contributed by atoms with E-state index in [1.807, 2.05) is 23.9 Å². The molecule has 0 spiro atoms. The lowest BCUT2D eigenvalue weighted by molar-refractivity contribution is 0.463. The molecule has 0 saturated heterocycles. The second-order valence-corrected chi connectivity index (χ2v) is 9.95. The molecule has 25 heavy (non-hydrogen) atoms. The SMILES string of the molecule is CC(C)(C)c1cc(O)cc(C(C)(C)C)c1CCCSc1ccccc1. The summed E-state index contributed by atoms with van der Waals surface area (Å²) in [4.78, 5) is 1.33. The summed E-state index contributed by atoms with van der Waals surface area (Å²) in [6.45, 7) is 13.4. The molecule has 0 saturated carbocycles. The minimum Gasteiger partial charge on any atom is -0.508 e. The Balaban J connectivity index is 2.22. The van der Waals surface area contributed by atoms with Crippen molar-refractivity contribution in [3.8, 4) is 5.75 Å². The molecule has 0 aliphatic carbocycles. The smallest absolute Gasteiger partial charge is 0.116 e. The number of thioether (sulfide) groups is 1. The van der Waals surface area contributed by atoms with Gasteiger partial charge in [-0.05, 0) is 70.4 Å². The van der Waals surface area contributed by atoms with E-state index in [1.54, 1.807) is 0 Å². The maximum absolute atomic E-state index is 10.3. The van der Waals surface area contributed by atoms with Gasteiger partial charge in [-0.1, -0.05) is 59.7 Å². The Morgan fingerprint density at radius 3 is 1.84 bits per heavy atom. The van der Waals surface area contributed by atoms with Crippen LogP contribution in [0.1, 0.15) is 64.7 Å². The summed E-state index contributed by atoms with van der Waals surface area (Å²) in [5.74, 6) is 1.50. The van der Waals surface area contributed by atoms with Crippen molar-refractivity contribution in [2.45, 2.75) is 70.1 Å². The van der Waals surface area contributed by atoms with Crippen LogP contribution in [0.5, 0.6) is 5.75 Å². The van der Waals surface area contributed by atoms with E-state index < -0.39 is 0 Å². The fourth-order valence-corrected chi connectivity index (χ4v) is 4.09. The zero-order chi connectivity index (χ0) is 18.7. The number of rotatable bonds is 5. The van der Waals surface area contributed by atoms with Gasteiger partial charge in [-0.25, -0.2) is 0 Å². The number of benzene rings is 2. The van der Waals surface area contributed by atoms with Crippen molar-refractivity contribution in [2.24, 2.45) is 0 Å². The third-order valence-corrected chi connectivity index (χ3v) is 5.53. The highest BCUT2D eigenvalue weighted by Gasteiger charge is 2.26. The molecule has 0 aliphatic heterocycles. The molecule has 0 radical (unpaired) electrons. The Morgan fingerprint density at radius 1 is 0.840 bits per heavy atom. The zero-order valence-electron chi connectivity index (χ0n) is 16.5. The standard InChI is InChI=1S/C23H32OS/c1-22(2,3)20-15-17(24)16-21(23(4,5)6)19(20)13-10-14-25-18-11-8-7-9-12-18/h7-9,11-12,15-16,24H,10,13-14H2,1-6H3. The van der Waals surface area contributed by atoms with E-state index in [9.17, 15) is 5.11 Å². The van der Waals surface area contributed by atoms with Crippen molar-refractivity contribution < 1.29 is 5.11 Å². The summed E-state index contributed by atoms with van der Waals surface area (Å²) in [5.41, 5.74) is 4.04. The molecular weight excluding hydrogens is 324 g/mol. The summed E-state index contributed by atoms with van der Waals surface area (Å²) in [6.07, 6.45) is 2.19. The number of hydrogen-bond donors (Lipinski definition) is 1. The van der Waals surface area contributed by atoms with Crippen LogP contribution in [-0.4, -0.2) is 10.9 Å². The van der Waals surface area contributed by atoms with Crippen LogP contribution in [0.3, 0.4) is 0 Å². The number of phenolic OH excluding ortho intramolecular Hbond substituents is 1. The van der Waals surface area contributed by atoms with Crippen LogP contribution >= 0.6 is 11.8 Å². The van der Waals surface area contributed by atoms with E-state index in [2.05, 4.69) is 71.9 Å². The summed E-state index contributed by atoms with van der Waals surface area (Å²) in [6, 6.07) is 14.5. The topological polar surface area (TPSA) is 20.2 Å². The van der Waals surface area contributed by atoms with Crippen molar-refractivity contribution in [3.63, 3.8) is 0 Å². The van der Waals surface area contributed by atoms with E-state index in [0.29, 0.717) is 5.75 Å². The Morgan fingerprint density at radius 2 is 1.36 bits per heavy atom. The van der Waals surface area contributed by atoms with Crippen molar-refractivity contribution in [1.29, 1.82) is 0 Å². The Labute approximate surface area is 157 Å². The minimum absolute atomic E-state index is 0.0284. The molecule has 136 valence electrons. The summed E-state index contributed by atoms with van der Waals surface area (Å²) in [5, 5.41) is 10.3. The quantitative estimate of drug-likeness (QED) is 0.474. The highest BCUT2D eigenvalue weighted by molar-refractivity contribution is 7.99. The molecule has 1 nitrogen and oxygen atoms in total. The van der Waals surface area contributed by atoms with Crippen molar-refractivity contribution in [2.75, 3.05) is 5.75 Å². The van der Waals surface area contributed by atoms with Gasteiger partial charge < -0.3 is 5.11 Å². The van der Waals surface area contributed by atoms with E-state index in [0.717, 1.165) is 18.6 Å². The Hall–Kier alpha value is -1.41. The van der Waals surface area contributed by atoms with E-state index in [-0.39, 0.29) is 10.8 Å². The third-order valence-electron chi connectivity index (χ3n) is 4.43. The first-order valence-corrected chi connectivity index (χ1v) is 10.1. The van der Waals surface area contributed by atoms with Gasteiger partial charge in [0.25, 0.3) is 0 Å². The van der Waals surface area contributed by atoms with Crippen LogP contribution in [0.4, 0.5) is 0 Å². The molecule has 0 bridgehead atoms. The lowest BCUT2D eigenvalue weighted by Crippen LogP contribution is -2.21. The number of aromatic hydroxyl groups is 1. The molecule has 2 heteroatoms. The monoisotopic (exact) mass is 356 g/mol. The van der Waals surface area contributed by atoms with Crippen LogP contribution in [-0.2, 0) is 17.3 Å². The predicted octanol–water partition coefficient (Wildman–Crippen LogP) is 6.71. The second-order valence-electron chi connectivity index (χ2n) is 8.78. The number of hydrogen-bond acceptors (Lipinski definition) is 2. The Kier molecular flexibility index (Phi) is 6.26. The molecule has 2 aromatic rings. The highest BCUT2D eigenvalue weighted by atomic mass is 32.2. The van der Waals surface area contributed by atoms with E-state index in [4.69, 9.17) is 0 Å². The van der Waals surface area contributed by atoms with Crippen LogP contribution in [0, 0.1) is 0 Å². The average Bonchev–Trinajstić information content (AvgIpc) is 2.51. The van der Waals surface area contributed by atoms with Gasteiger partial charge in [0.2, 0.25) is 0 Å². The molecule has 0 aliphatic rings. The summed E-state index contributed by atoms with van der Waals surface area (Å²) >= 11 is 1.92. The van der Waals surface area contributed by atoms with E-state index >= 15 is 0 Å². The van der Waals surface area contributed by atoms with E-state index in [1.165, 1.54) is 21.6 Å². The fourth-order valence-electron chi connectivity index (χ4n) is 3.22. The molecular formula is C23H32OS. The largest absolute Gasteiger partial charge is 0.508 e. The van der Waals surface area contributed by atoms with Gasteiger partial charge in [-0.2, -0.15) is 0 Å². The van der Waals surface area contributed by atoms with Gasteiger partial charge in [-0.15, -0.1) is 11.8 Å². The maximum atomic E-state index is 10.3. The first-order chi connectivity index (χ1) is 11.6. The predicted molar refractivity (Wildman–Crippen MR) is 111 cm³/mol. The average molecular weight is 357 g/mol. The molecule has 0 fully saturated rings. The normalized spacial score (nSPS) is 12.4. The van der Waals surface area contributed by atoms with Crippen LogP contribution in [0.15, 0.2) is 47.4 Å². The van der Waals surface area contributed by atoms with Gasteiger partial charge >= 0.3 is 0 Å². The highest BCUT2D eigenvalue weighted by Crippen LogP contribution is 2.38. The fraction of sp³-hybridized carbons (Fsp3) is 0.478. The van der Waals surface area contributed by atoms with Crippen molar-refractivity contribution >= 4 is 11.8 Å². The van der Waals surface area contributed by atoms with Crippen molar-refractivity contribution in [3.05, 3.63) is 59.2 Å². The first-order valence-electron chi connectivity index (χ1n) is 9.14. The molecule has 2 rings (SSSR count). The third kappa shape index (κ3) is 5.54. The van der Waals surface area contributed by atoms with Gasteiger partial charge in [-0.3, -0.25) is 0 Å². The molecule has 0 atom stereocenters. The van der Waals surface area contributed by atoms with Gasteiger partial charge in [0.1, 0.15) is 5.75 Å². The second kappa shape index (κ2) is 7.86.